The summed E-state index contributed by atoms with van der Waals surface area (Å²) in [5, 5.41) is 4.04. The highest BCUT2D eigenvalue weighted by molar-refractivity contribution is 6.30. The Labute approximate surface area is 165 Å². The lowest BCUT2D eigenvalue weighted by molar-refractivity contribution is -0.134. The Balaban J connectivity index is 1.70. The Morgan fingerprint density at radius 3 is 2.48 bits per heavy atom. The van der Waals surface area contributed by atoms with Crippen molar-refractivity contribution in [2.24, 2.45) is 0 Å². The first-order chi connectivity index (χ1) is 13.1. The summed E-state index contributed by atoms with van der Waals surface area (Å²) in [5.41, 5.74) is 2.06. The Bertz CT molecular complexity index is 749. The van der Waals surface area contributed by atoms with Crippen LogP contribution in [-0.4, -0.2) is 44.9 Å². The van der Waals surface area contributed by atoms with E-state index in [0.717, 1.165) is 24.2 Å². The van der Waals surface area contributed by atoms with Crippen molar-refractivity contribution in [3.63, 3.8) is 0 Å². The molecule has 1 heterocycles. The SMILES string of the molecule is COCCCNC[C@H]1[C@H](Oc2ccc(Cl)cc2)C(=O)N1c1ccc(C)cc1. The zero-order valence-corrected chi connectivity index (χ0v) is 16.4. The second-order valence-corrected chi connectivity index (χ2v) is 7.09. The lowest BCUT2D eigenvalue weighted by Crippen LogP contribution is -2.70. The molecule has 0 aromatic heterocycles. The lowest BCUT2D eigenvalue weighted by atomic mass is 9.96. The van der Waals surface area contributed by atoms with E-state index in [1.54, 1.807) is 31.4 Å². The van der Waals surface area contributed by atoms with E-state index in [1.807, 2.05) is 36.1 Å². The number of carbonyl (C=O) groups is 1. The summed E-state index contributed by atoms with van der Waals surface area (Å²) in [6, 6.07) is 15.0. The molecule has 0 spiro atoms. The topological polar surface area (TPSA) is 50.8 Å². The Morgan fingerprint density at radius 2 is 1.81 bits per heavy atom. The third-order valence-electron chi connectivity index (χ3n) is 4.61. The number of nitrogens with one attached hydrogen (secondary N) is 1. The number of benzene rings is 2. The van der Waals surface area contributed by atoms with Crippen molar-refractivity contribution in [2.75, 3.05) is 31.7 Å². The number of anilines is 1. The molecule has 3 rings (SSSR count). The van der Waals surface area contributed by atoms with Gasteiger partial charge in [-0.15, -0.1) is 0 Å². The van der Waals surface area contributed by atoms with Crippen molar-refractivity contribution in [3.8, 4) is 5.75 Å². The minimum absolute atomic E-state index is 0.0301. The van der Waals surface area contributed by atoms with E-state index in [9.17, 15) is 4.79 Å². The average Bonchev–Trinajstić information content (AvgIpc) is 2.67. The van der Waals surface area contributed by atoms with Gasteiger partial charge in [-0.1, -0.05) is 29.3 Å². The molecule has 27 heavy (non-hydrogen) atoms. The average molecular weight is 389 g/mol. The van der Waals surface area contributed by atoms with Gasteiger partial charge in [0.1, 0.15) is 5.75 Å². The summed E-state index contributed by atoms with van der Waals surface area (Å²) in [7, 11) is 1.69. The van der Waals surface area contributed by atoms with Gasteiger partial charge in [0.05, 0.1) is 6.04 Å². The minimum Gasteiger partial charge on any atom is -0.478 e. The van der Waals surface area contributed by atoms with Gasteiger partial charge in [0.25, 0.3) is 5.91 Å². The first-order valence-corrected chi connectivity index (χ1v) is 9.49. The quantitative estimate of drug-likeness (QED) is 0.528. The molecule has 2 atom stereocenters. The third-order valence-corrected chi connectivity index (χ3v) is 4.86. The van der Waals surface area contributed by atoms with Crippen molar-refractivity contribution >= 4 is 23.2 Å². The van der Waals surface area contributed by atoms with E-state index in [1.165, 1.54) is 0 Å². The van der Waals surface area contributed by atoms with Crippen LogP contribution < -0.4 is 15.0 Å². The fourth-order valence-electron chi connectivity index (χ4n) is 3.12. The molecule has 0 unspecified atom stereocenters. The molecule has 0 radical (unpaired) electrons. The summed E-state index contributed by atoms with van der Waals surface area (Å²) in [6.45, 7) is 4.22. The van der Waals surface area contributed by atoms with Gasteiger partial charge in [0, 0.05) is 31.0 Å². The summed E-state index contributed by atoms with van der Waals surface area (Å²) >= 11 is 5.93. The molecule has 0 bridgehead atoms. The number of hydrogen-bond donors (Lipinski definition) is 1. The van der Waals surface area contributed by atoms with Gasteiger partial charge < -0.3 is 19.7 Å². The van der Waals surface area contributed by atoms with E-state index >= 15 is 0 Å². The molecular weight excluding hydrogens is 364 g/mol. The molecule has 2 aromatic carbocycles. The number of aryl methyl sites for hydroxylation is 1. The Hall–Kier alpha value is -2.08. The number of halogens is 1. The number of nitrogens with zero attached hydrogens (tertiary/aromatic N) is 1. The molecule has 1 aliphatic heterocycles. The van der Waals surface area contributed by atoms with Crippen LogP contribution in [0.1, 0.15) is 12.0 Å². The van der Waals surface area contributed by atoms with Crippen LogP contribution in [0.5, 0.6) is 5.75 Å². The second kappa shape index (κ2) is 9.22. The molecule has 144 valence electrons. The molecule has 2 aromatic rings. The zero-order chi connectivity index (χ0) is 19.2. The van der Waals surface area contributed by atoms with Gasteiger partial charge in [0.2, 0.25) is 0 Å². The van der Waals surface area contributed by atoms with Crippen LogP contribution in [0.3, 0.4) is 0 Å². The molecule has 1 amide bonds. The molecule has 6 heteroatoms. The number of ether oxygens (including phenoxy) is 2. The molecule has 0 saturated carbocycles. The maximum atomic E-state index is 12.8. The van der Waals surface area contributed by atoms with Gasteiger partial charge in [-0.05, 0) is 56.3 Å². The highest BCUT2D eigenvalue weighted by Crippen LogP contribution is 2.31. The van der Waals surface area contributed by atoms with E-state index in [2.05, 4.69) is 5.32 Å². The smallest absolute Gasteiger partial charge is 0.270 e. The molecule has 1 fully saturated rings. The molecule has 1 saturated heterocycles. The number of hydrogen-bond acceptors (Lipinski definition) is 4. The van der Waals surface area contributed by atoms with Crippen molar-refractivity contribution < 1.29 is 14.3 Å². The van der Waals surface area contributed by atoms with Crippen molar-refractivity contribution in [1.29, 1.82) is 0 Å². The molecule has 5 nitrogen and oxygen atoms in total. The fraction of sp³-hybridized carbons (Fsp3) is 0.381. The maximum absolute atomic E-state index is 12.8. The van der Waals surface area contributed by atoms with E-state index < -0.39 is 6.10 Å². The van der Waals surface area contributed by atoms with Crippen LogP contribution in [0.4, 0.5) is 5.69 Å². The maximum Gasteiger partial charge on any atom is 0.270 e. The number of β-lactam (4-membered cyclic amide) rings is 1. The summed E-state index contributed by atoms with van der Waals surface area (Å²) < 4.78 is 11.0. The number of amides is 1. The van der Waals surface area contributed by atoms with Gasteiger partial charge in [-0.25, -0.2) is 0 Å². The third kappa shape index (κ3) is 4.80. The molecule has 1 N–H and O–H groups in total. The first kappa shape index (κ1) is 19.7. The van der Waals surface area contributed by atoms with Crippen LogP contribution in [0, 0.1) is 6.92 Å². The minimum atomic E-state index is -0.512. The van der Waals surface area contributed by atoms with Gasteiger partial charge in [-0.2, -0.15) is 0 Å². The van der Waals surface area contributed by atoms with Crippen LogP contribution in [0.2, 0.25) is 5.02 Å². The zero-order valence-electron chi connectivity index (χ0n) is 15.7. The standard InChI is InChI=1S/C21H25ClN2O3/c1-15-4-8-17(9-5-15)24-19(14-23-12-3-13-26-2)20(21(24)25)27-18-10-6-16(22)7-11-18/h4-11,19-20,23H,3,12-14H2,1-2H3/t19-,20-/m0/s1. The highest BCUT2D eigenvalue weighted by atomic mass is 35.5. The summed E-state index contributed by atoms with van der Waals surface area (Å²) in [4.78, 5) is 14.6. The van der Waals surface area contributed by atoms with E-state index in [0.29, 0.717) is 23.9 Å². The molecule has 1 aliphatic rings. The predicted molar refractivity (Wildman–Crippen MR) is 108 cm³/mol. The van der Waals surface area contributed by atoms with Crippen LogP contribution in [0.15, 0.2) is 48.5 Å². The lowest BCUT2D eigenvalue weighted by Gasteiger charge is -2.46. The monoisotopic (exact) mass is 388 g/mol. The van der Waals surface area contributed by atoms with Gasteiger partial charge in [-0.3, -0.25) is 4.79 Å². The largest absolute Gasteiger partial charge is 0.478 e. The van der Waals surface area contributed by atoms with Gasteiger partial charge in [0.15, 0.2) is 6.10 Å². The van der Waals surface area contributed by atoms with Crippen LogP contribution in [0.25, 0.3) is 0 Å². The molecular formula is C21H25ClN2O3. The summed E-state index contributed by atoms with van der Waals surface area (Å²) in [6.07, 6.45) is 0.409. The van der Waals surface area contributed by atoms with E-state index in [4.69, 9.17) is 21.1 Å². The number of methoxy groups -OCH3 is 1. The van der Waals surface area contributed by atoms with E-state index in [-0.39, 0.29) is 11.9 Å². The highest BCUT2D eigenvalue weighted by Gasteiger charge is 2.49. The Kier molecular flexibility index (Phi) is 6.72. The van der Waals surface area contributed by atoms with Crippen molar-refractivity contribution in [1.82, 2.24) is 5.32 Å². The number of carbonyl (C=O) groups excluding carboxylic acids is 1. The summed E-state index contributed by atoms with van der Waals surface area (Å²) in [5.74, 6) is 0.614. The normalized spacial score (nSPS) is 19.1. The first-order valence-electron chi connectivity index (χ1n) is 9.12. The van der Waals surface area contributed by atoms with Crippen LogP contribution >= 0.6 is 11.6 Å². The van der Waals surface area contributed by atoms with Crippen molar-refractivity contribution in [3.05, 3.63) is 59.1 Å². The van der Waals surface area contributed by atoms with Crippen LogP contribution in [-0.2, 0) is 9.53 Å². The Morgan fingerprint density at radius 1 is 1.11 bits per heavy atom. The predicted octanol–water partition coefficient (Wildman–Crippen LogP) is 3.44. The van der Waals surface area contributed by atoms with Gasteiger partial charge >= 0.3 is 0 Å². The fourth-order valence-corrected chi connectivity index (χ4v) is 3.25. The molecule has 0 aliphatic carbocycles. The number of rotatable bonds is 9. The second-order valence-electron chi connectivity index (χ2n) is 6.65. The van der Waals surface area contributed by atoms with Crippen molar-refractivity contribution in [2.45, 2.75) is 25.5 Å².